The van der Waals surface area contributed by atoms with Crippen molar-refractivity contribution in [3.05, 3.63) is 94.5 Å². The Labute approximate surface area is 195 Å². The molecule has 2 unspecified atom stereocenters. The maximum absolute atomic E-state index is 13.9. The van der Waals surface area contributed by atoms with Crippen LogP contribution >= 0.6 is 11.6 Å². The molecule has 0 radical (unpaired) electrons. The van der Waals surface area contributed by atoms with E-state index in [2.05, 4.69) is 0 Å². The van der Waals surface area contributed by atoms with Crippen molar-refractivity contribution in [1.82, 2.24) is 0 Å². The van der Waals surface area contributed by atoms with Gasteiger partial charge in [-0.05, 0) is 80.3 Å². The van der Waals surface area contributed by atoms with Gasteiger partial charge in [0.25, 0.3) is 0 Å². The van der Waals surface area contributed by atoms with E-state index in [-0.39, 0.29) is 12.1 Å². The lowest BCUT2D eigenvalue weighted by atomic mass is 9.83. The SMILES string of the molecule is Cc1ccc(N2C(=O)N(c3ccc(Cl)cc3)C3(c4cccc(C(F)(F)F)c4)CCCC23)cc1. The summed E-state index contributed by atoms with van der Waals surface area (Å²) in [6, 6.07) is 19.4. The van der Waals surface area contributed by atoms with Crippen LogP contribution in [0.3, 0.4) is 0 Å². The van der Waals surface area contributed by atoms with E-state index in [4.69, 9.17) is 11.6 Å². The summed E-state index contributed by atoms with van der Waals surface area (Å²) in [5.41, 5.74) is 1.29. The second-order valence-electron chi connectivity index (χ2n) is 8.71. The zero-order chi connectivity index (χ0) is 23.4. The molecule has 2 fully saturated rings. The van der Waals surface area contributed by atoms with Crippen molar-refractivity contribution in [2.75, 3.05) is 9.80 Å². The molecule has 3 aromatic carbocycles. The van der Waals surface area contributed by atoms with Gasteiger partial charge in [0.2, 0.25) is 0 Å². The molecular weight excluding hydrogens is 449 g/mol. The number of alkyl halides is 3. The molecule has 5 rings (SSSR count). The molecule has 2 atom stereocenters. The average molecular weight is 471 g/mol. The largest absolute Gasteiger partial charge is 0.416 e. The van der Waals surface area contributed by atoms with Gasteiger partial charge >= 0.3 is 12.2 Å². The number of urea groups is 1. The van der Waals surface area contributed by atoms with Gasteiger partial charge in [-0.25, -0.2) is 4.79 Å². The molecule has 2 aliphatic rings. The van der Waals surface area contributed by atoms with Gasteiger partial charge in [-0.2, -0.15) is 13.2 Å². The molecule has 0 aromatic heterocycles. The van der Waals surface area contributed by atoms with Crippen molar-refractivity contribution in [1.29, 1.82) is 0 Å². The van der Waals surface area contributed by atoms with Gasteiger partial charge in [0.15, 0.2) is 0 Å². The number of aryl methyl sites for hydroxylation is 1. The maximum atomic E-state index is 13.9. The molecule has 1 aliphatic carbocycles. The lowest BCUT2D eigenvalue weighted by Gasteiger charge is -2.38. The van der Waals surface area contributed by atoms with Crippen LogP contribution in [0.25, 0.3) is 0 Å². The Balaban J connectivity index is 1.73. The summed E-state index contributed by atoms with van der Waals surface area (Å²) in [7, 11) is 0. The number of fused-ring (bicyclic) bond motifs is 1. The predicted molar refractivity (Wildman–Crippen MR) is 124 cm³/mol. The molecule has 33 heavy (non-hydrogen) atoms. The summed E-state index contributed by atoms with van der Waals surface area (Å²) in [5.74, 6) is 0. The fourth-order valence-electron chi connectivity index (χ4n) is 5.34. The van der Waals surface area contributed by atoms with Gasteiger partial charge in [-0.15, -0.1) is 0 Å². The number of hydrogen-bond donors (Lipinski definition) is 0. The molecular formula is C26H22ClF3N2O. The van der Waals surface area contributed by atoms with E-state index in [9.17, 15) is 18.0 Å². The van der Waals surface area contributed by atoms with E-state index < -0.39 is 17.3 Å². The first-order valence-electron chi connectivity index (χ1n) is 10.9. The van der Waals surface area contributed by atoms with E-state index in [1.54, 1.807) is 40.1 Å². The van der Waals surface area contributed by atoms with Crippen molar-refractivity contribution >= 4 is 29.0 Å². The summed E-state index contributed by atoms with van der Waals surface area (Å²) < 4.78 is 40.8. The van der Waals surface area contributed by atoms with Gasteiger partial charge < -0.3 is 0 Å². The Morgan fingerprint density at radius 3 is 2.30 bits per heavy atom. The highest BCUT2D eigenvalue weighted by Gasteiger charge is 2.61. The third-order valence-electron chi connectivity index (χ3n) is 6.78. The number of benzene rings is 3. The van der Waals surface area contributed by atoms with E-state index in [1.807, 2.05) is 31.2 Å². The number of carbonyl (C=O) groups is 1. The van der Waals surface area contributed by atoms with Crippen LogP contribution in [0.15, 0.2) is 72.8 Å². The Hall–Kier alpha value is -2.99. The summed E-state index contributed by atoms with van der Waals surface area (Å²) in [5, 5.41) is 0.525. The number of halogens is 4. The van der Waals surface area contributed by atoms with Crippen LogP contribution in [-0.2, 0) is 11.7 Å². The highest BCUT2D eigenvalue weighted by molar-refractivity contribution is 6.30. The first-order chi connectivity index (χ1) is 15.7. The number of anilines is 2. The standard InChI is InChI=1S/C26H22ClF3N2O/c1-17-7-11-21(12-8-17)31-23-6-3-15-25(23,18-4-2-5-19(16-18)26(28,29)30)32(24(31)33)22-13-9-20(27)10-14-22/h2,4-5,7-14,16,23H,3,6,15H2,1H3. The van der Waals surface area contributed by atoms with Gasteiger partial charge in [0, 0.05) is 16.4 Å². The first kappa shape index (κ1) is 21.8. The van der Waals surface area contributed by atoms with Crippen LogP contribution in [0.2, 0.25) is 5.02 Å². The Morgan fingerprint density at radius 1 is 0.970 bits per heavy atom. The van der Waals surface area contributed by atoms with E-state index in [1.165, 1.54) is 12.1 Å². The second kappa shape index (κ2) is 7.80. The highest BCUT2D eigenvalue weighted by Crippen LogP contribution is 2.54. The normalized spacial score (nSPS) is 22.7. The minimum Gasteiger partial charge on any atom is -0.288 e. The minimum absolute atomic E-state index is 0.247. The molecule has 3 aromatic rings. The molecule has 2 amide bonds. The average Bonchev–Trinajstić information content (AvgIpc) is 3.31. The molecule has 0 bridgehead atoms. The summed E-state index contributed by atoms with van der Waals surface area (Å²) in [4.78, 5) is 17.4. The van der Waals surface area contributed by atoms with Crippen LogP contribution < -0.4 is 9.80 Å². The van der Waals surface area contributed by atoms with Gasteiger partial charge in [0.05, 0.1) is 17.1 Å². The van der Waals surface area contributed by atoms with E-state index >= 15 is 0 Å². The predicted octanol–water partition coefficient (Wildman–Crippen LogP) is 7.56. The van der Waals surface area contributed by atoms with Crippen molar-refractivity contribution in [2.24, 2.45) is 0 Å². The third-order valence-corrected chi connectivity index (χ3v) is 7.03. The van der Waals surface area contributed by atoms with Crippen LogP contribution in [0.1, 0.15) is 36.0 Å². The van der Waals surface area contributed by atoms with Crippen LogP contribution in [-0.4, -0.2) is 12.1 Å². The lowest BCUT2D eigenvalue weighted by Crippen LogP contribution is -2.46. The van der Waals surface area contributed by atoms with Crippen molar-refractivity contribution < 1.29 is 18.0 Å². The number of nitrogens with zero attached hydrogens (tertiary/aromatic N) is 2. The zero-order valence-corrected chi connectivity index (χ0v) is 18.7. The zero-order valence-electron chi connectivity index (χ0n) is 17.9. The van der Waals surface area contributed by atoms with Crippen molar-refractivity contribution in [3.8, 4) is 0 Å². The van der Waals surface area contributed by atoms with Gasteiger partial charge in [0.1, 0.15) is 0 Å². The maximum Gasteiger partial charge on any atom is 0.416 e. The van der Waals surface area contributed by atoms with E-state index in [0.29, 0.717) is 29.1 Å². The second-order valence-corrected chi connectivity index (χ2v) is 9.15. The van der Waals surface area contributed by atoms with Crippen LogP contribution in [0.5, 0.6) is 0 Å². The van der Waals surface area contributed by atoms with Crippen LogP contribution in [0.4, 0.5) is 29.3 Å². The molecule has 1 heterocycles. The van der Waals surface area contributed by atoms with E-state index in [0.717, 1.165) is 23.7 Å². The highest BCUT2D eigenvalue weighted by atomic mass is 35.5. The monoisotopic (exact) mass is 470 g/mol. The number of rotatable bonds is 3. The molecule has 0 N–H and O–H groups in total. The molecule has 1 aliphatic heterocycles. The van der Waals surface area contributed by atoms with Crippen LogP contribution in [0, 0.1) is 6.92 Å². The molecule has 1 saturated carbocycles. The number of hydrogen-bond acceptors (Lipinski definition) is 1. The molecule has 0 spiro atoms. The Bertz CT molecular complexity index is 1190. The summed E-state index contributed by atoms with van der Waals surface area (Å²) in [6.45, 7) is 1.97. The van der Waals surface area contributed by atoms with Crippen molar-refractivity contribution in [3.63, 3.8) is 0 Å². The topological polar surface area (TPSA) is 23.6 Å². The lowest BCUT2D eigenvalue weighted by molar-refractivity contribution is -0.137. The Kier molecular flexibility index (Phi) is 5.16. The third kappa shape index (κ3) is 3.48. The number of amides is 2. The minimum atomic E-state index is -4.47. The smallest absolute Gasteiger partial charge is 0.288 e. The van der Waals surface area contributed by atoms with Gasteiger partial charge in [-0.1, -0.05) is 41.4 Å². The molecule has 170 valence electrons. The van der Waals surface area contributed by atoms with Gasteiger partial charge in [-0.3, -0.25) is 9.80 Å². The fourth-order valence-corrected chi connectivity index (χ4v) is 5.47. The Morgan fingerprint density at radius 2 is 1.64 bits per heavy atom. The molecule has 7 heteroatoms. The first-order valence-corrected chi connectivity index (χ1v) is 11.2. The number of carbonyl (C=O) groups excluding carboxylic acids is 1. The van der Waals surface area contributed by atoms with Crippen molar-refractivity contribution in [2.45, 2.75) is 43.9 Å². The molecule has 3 nitrogen and oxygen atoms in total. The molecule has 1 saturated heterocycles. The summed E-state index contributed by atoms with van der Waals surface area (Å²) in [6.07, 6.45) is -2.42. The fraction of sp³-hybridized carbons (Fsp3) is 0.269. The summed E-state index contributed by atoms with van der Waals surface area (Å²) >= 11 is 6.09. The quantitative estimate of drug-likeness (QED) is 0.387.